The van der Waals surface area contributed by atoms with Gasteiger partial charge in [0.1, 0.15) is 6.29 Å². The van der Waals surface area contributed by atoms with Gasteiger partial charge in [-0.15, -0.1) is 0 Å². The van der Waals surface area contributed by atoms with Gasteiger partial charge in [-0.05, 0) is 57.3 Å². The summed E-state index contributed by atoms with van der Waals surface area (Å²) in [6.07, 6.45) is 4.27. The first kappa shape index (κ1) is 18.9. The molecule has 4 aliphatic rings. The summed E-state index contributed by atoms with van der Waals surface area (Å²) in [4.78, 5) is 12.2. The maximum absolute atomic E-state index is 12.2. The van der Waals surface area contributed by atoms with Gasteiger partial charge in [0.2, 0.25) is 0 Å². The Kier molecular flexibility index (Phi) is 4.01. The summed E-state index contributed by atoms with van der Waals surface area (Å²) in [6.45, 7) is 5.93. The van der Waals surface area contributed by atoms with Crippen LogP contribution in [0.3, 0.4) is 0 Å². The van der Waals surface area contributed by atoms with Crippen molar-refractivity contribution < 1.29 is 25.2 Å². The predicted molar refractivity (Wildman–Crippen MR) is 96.1 cm³/mol. The molecule has 0 bridgehead atoms. The first-order valence-electron chi connectivity index (χ1n) is 10.3. The van der Waals surface area contributed by atoms with E-state index in [-0.39, 0.29) is 24.2 Å². The monoisotopic (exact) mass is 366 g/mol. The highest BCUT2D eigenvalue weighted by Gasteiger charge is 2.76. The lowest BCUT2D eigenvalue weighted by atomic mass is 9.52. The van der Waals surface area contributed by atoms with Gasteiger partial charge in [0.05, 0.1) is 23.4 Å². The van der Waals surface area contributed by atoms with E-state index >= 15 is 0 Å². The first-order valence-corrected chi connectivity index (χ1v) is 10.3. The standard InChI is InChI=1S/C21H34O5/c1-12(23)14-6-9-20(25)17-15(5-8-18(14,20)2)19(3)7-4-13(24)10-21(19,26)16(17)11-22/h11-17,23-26H,4-10H2,1-3H3. The zero-order chi connectivity index (χ0) is 19.1. The lowest BCUT2D eigenvalue weighted by Gasteiger charge is -2.55. The van der Waals surface area contributed by atoms with E-state index in [1.54, 1.807) is 6.92 Å². The van der Waals surface area contributed by atoms with Crippen LogP contribution in [0.2, 0.25) is 0 Å². The maximum Gasteiger partial charge on any atom is 0.126 e. The molecule has 0 aliphatic heterocycles. The molecule has 10 atom stereocenters. The SMILES string of the molecule is CC(O)C1CCC2(O)C3C(CCC12C)C1(C)CCC(O)CC1(O)C3C=O. The van der Waals surface area contributed by atoms with Crippen molar-refractivity contribution >= 4 is 6.29 Å². The Hall–Kier alpha value is -0.490. The maximum atomic E-state index is 12.2. The Balaban J connectivity index is 1.83. The molecule has 0 amide bonds. The number of aliphatic hydroxyl groups excluding tert-OH is 2. The van der Waals surface area contributed by atoms with Crippen molar-refractivity contribution in [2.75, 3.05) is 0 Å². The fourth-order valence-electron chi connectivity index (χ4n) is 8.15. The van der Waals surface area contributed by atoms with Gasteiger partial charge in [-0.3, -0.25) is 0 Å². The van der Waals surface area contributed by atoms with Crippen LogP contribution in [0.1, 0.15) is 65.7 Å². The quantitative estimate of drug-likeness (QED) is 0.557. The molecule has 0 aromatic carbocycles. The predicted octanol–water partition coefficient (Wildman–Crippen LogP) is 1.65. The van der Waals surface area contributed by atoms with Crippen molar-refractivity contribution in [2.45, 2.75) is 89.1 Å². The molecule has 0 heterocycles. The van der Waals surface area contributed by atoms with Crippen LogP contribution in [0.4, 0.5) is 0 Å². The van der Waals surface area contributed by atoms with Crippen molar-refractivity contribution in [1.82, 2.24) is 0 Å². The molecule has 4 fully saturated rings. The van der Waals surface area contributed by atoms with Gasteiger partial charge in [-0.1, -0.05) is 13.8 Å². The summed E-state index contributed by atoms with van der Waals surface area (Å²) in [5, 5.41) is 44.2. The summed E-state index contributed by atoms with van der Waals surface area (Å²) < 4.78 is 0. The Morgan fingerprint density at radius 1 is 1.00 bits per heavy atom. The summed E-state index contributed by atoms with van der Waals surface area (Å²) >= 11 is 0. The largest absolute Gasteiger partial charge is 0.393 e. The molecule has 0 radical (unpaired) electrons. The van der Waals surface area contributed by atoms with Crippen LogP contribution < -0.4 is 0 Å². The highest BCUT2D eigenvalue weighted by Crippen LogP contribution is 2.73. The lowest BCUT2D eigenvalue weighted by molar-refractivity contribution is -0.179. The first-order chi connectivity index (χ1) is 12.0. The third-order valence-electron chi connectivity index (χ3n) is 9.62. The summed E-state index contributed by atoms with van der Waals surface area (Å²) in [5.74, 6) is -0.884. The fourth-order valence-corrected chi connectivity index (χ4v) is 8.15. The summed E-state index contributed by atoms with van der Waals surface area (Å²) in [7, 11) is 0. The van der Waals surface area contributed by atoms with Crippen LogP contribution >= 0.6 is 0 Å². The molecule has 4 saturated carbocycles. The van der Waals surface area contributed by atoms with E-state index in [0.29, 0.717) is 19.3 Å². The molecular formula is C21H34O5. The average molecular weight is 366 g/mol. The molecule has 0 aromatic heterocycles. The molecule has 5 heteroatoms. The van der Waals surface area contributed by atoms with Crippen LogP contribution in [0.5, 0.6) is 0 Å². The van der Waals surface area contributed by atoms with Crippen molar-refractivity contribution in [3.63, 3.8) is 0 Å². The van der Waals surface area contributed by atoms with Gasteiger partial charge >= 0.3 is 0 Å². The van der Waals surface area contributed by atoms with E-state index in [9.17, 15) is 25.2 Å². The molecule has 10 unspecified atom stereocenters. The highest BCUT2D eigenvalue weighted by molar-refractivity contribution is 5.60. The Bertz CT molecular complexity index is 607. The molecule has 0 aromatic rings. The number of carbonyl (C=O) groups excluding carboxylic acids is 1. The van der Waals surface area contributed by atoms with E-state index in [1.165, 1.54) is 0 Å². The number of aldehydes is 1. The number of aliphatic hydroxyl groups is 4. The number of rotatable bonds is 2. The van der Waals surface area contributed by atoms with Crippen molar-refractivity contribution in [2.24, 2.45) is 34.5 Å². The zero-order valence-corrected chi connectivity index (χ0v) is 16.2. The molecule has 5 nitrogen and oxygen atoms in total. The minimum Gasteiger partial charge on any atom is -0.393 e. The second-order valence-corrected chi connectivity index (χ2v) is 10.3. The molecule has 4 aliphatic carbocycles. The van der Waals surface area contributed by atoms with Crippen LogP contribution in [-0.2, 0) is 4.79 Å². The van der Waals surface area contributed by atoms with Crippen molar-refractivity contribution in [1.29, 1.82) is 0 Å². The van der Waals surface area contributed by atoms with Crippen LogP contribution in [0, 0.1) is 34.5 Å². The Morgan fingerprint density at radius 2 is 1.65 bits per heavy atom. The smallest absolute Gasteiger partial charge is 0.126 e. The highest BCUT2D eigenvalue weighted by atomic mass is 16.3. The van der Waals surface area contributed by atoms with E-state index in [0.717, 1.165) is 25.5 Å². The van der Waals surface area contributed by atoms with E-state index in [4.69, 9.17) is 0 Å². The van der Waals surface area contributed by atoms with Gasteiger partial charge in [0.25, 0.3) is 0 Å². The molecule has 148 valence electrons. The number of hydrogen-bond acceptors (Lipinski definition) is 5. The van der Waals surface area contributed by atoms with E-state index < -0.39 is 40.2 Å². The second kappa shape index (κ2) is 5.53. The average Bonchev–Trinajstić information content (AvgIpc) is 2.94. The number of carbonyl (C=O) groups is 1. The summed E-state index contributed by atoms with van der Waals surface area (Å²) in [6, 6.07) is 0. The lowest BCUT2D eigenvalue weighted by Crippen LogP contribution is -2.58. The van der Waals surface area contributed by atoms with Gasteiger partial charge in [-0.25, -0.2) is 0 Å². The van der Waals surface area contributed by atoms with E-state index in [1.807, 2.05) is 0 Å². The van der Waals surface area contributed by atoms with Crippen molar-refractivity contribution in [3.8, 4) is 0 Å². The van der Waals surface area contributed by atoms with Gasteiger partial charge in [0.15, 0.2) is 0 Å². The Labute approximate surface area is 155 Å². The van der Waals surface area contributed by atoms with Crippen LogP contribution in [0.15, 0.2) is 0 Å². The third-order valence-corrected chi connectivity index (χ3v) is 9.62. The zero-order valence-electron chi connectivity index (χ0n) is 16.2. The molecule has 4 rings (SSSR count). The number of hydrogen-bond donors (Lipinski definition) is 4. The van der Waals surface area contributed by atoms with Crippen LogP contribution in [0.25, 0.3) is 0 Å². The molecule has 0 spiro atoms. The second-order valence-electron chi connectivity index (χ2n) is 10.3. The molecular weight excluding hydrogens is 332 g/mol. The van der Waals surface area contributed by atoms with E-state index in [2.05, 4.69) is 13.8 Å². The molecule has 0 saturated heterocycles. The van der Waals surface area contributed by atoms with Crippen molar-refractivity contribution in [3.05, 3.63) is 0 Å². The third kappa shape index (κ3) is 1.93. The normalized spacial score (nSPS) is 60.0. The topological polar surface area (TPSA) is 98.0 Å². The Morgan fingerprint density at radius 3 is 2.27 bits per heavy atom. The molecule has 26 heavy (non-hydrogen) atoms. The van der Waals surface area contributed by atoms with Crippen LogP contribution in [-0.4, -0.2) is 50.1 Å². The minimum absolute atomic E-state index is 0.0106. The molecule has 4 N–H and O–H groups in total. The van der Waals surface area contributed by atoms with Gasteiger partial charge in [-0.2, -0.15) is 0 Å². The fraction of sp³-hybridized carbons (Fsp3) is 0.952. The minimum atomic E-state index is -1.26. The van der Waals surface area contributed by atoms with Gasteiger partial charge < -0.3 is 25.2 Å². The number of fused-ring (bicyclic) bond motifs is 5. The van der Waals surface area contributed by atoms with Gasteiger partial charge in [0, 0.05) is 29.1 Å². The summed E-state index contributed by atoms with van der Waals surface area (Å²) in [5.41, 5.74) is -3.21.